The molecule has 0 N–H and O–H groups in total. The third-order valence-corrected chi connectivity index (χ3v) is 8.24. The normalized spacial score (nSPS) is 22.5. The zero-order chi connectivity index (χ0) is 31.6. The van der Waals surface area contributed by atoms with Crippen molar-refractivity contribution in [2.45, 2.75) is 56.8 Å². The Labute approximate surface area is 249 Å². The molecule has 11 heteroatoms. The molecule has 1 saturated heterocycles. The molecule has 0 spiro atoms. The Morgan fingerprint density at radius 2 is 1.41 bits per heavy atom. The Morgan fingerprint density at radius 1 is 0.795 bits per heavy atom. The van der Waals surface area contributed by atoms with Gasteiger partial charge in [-0.25, -0.2) is 26.3 Å². The van der Waals surface area contributed by atoms with Gasteiger partial charge in [-0.1, -0.05) is 18.2 Å². The number of rotatable bonds is 9. The Kier molecular flexibility index (Phi) is 9.65. The number of ether oxygens (including phenoxy) is 3. The van der Waals surface area contributed by atoms with Crippen LogP contribution in [0, 0.1) is 46.7 Å². The summed E-state index contributed by atoms with van der Waals surface area (Å²) < 4.78 is 130. The molecular weight excluding hydrogens is 596 g/mol. The van der Waals surface area contributed by atoms with Gasteiger partial charge < -0.3 is 14.2 Å². The van der Waals surface area contributed by atoms with Crippen LogP contribution in [0.5, 0.6) is 5.75 Å². The zero-order valence-electron chi connectivity index (χ0n) is 23.5. The maximum Gasteiger partial charge on any atom is 0.432 e. The van der Waals surface area contributed by atoms with Crippen molar-refractivity contribution in [3.05, 3.63) is 101 Å². The lowest BCUT2D eigenvalue weighted by molar-refractivity contribution is -0.229. The Bertz CT molecular complexity index is 1450. The molecule has 1 aliphatic carbocycles. The van der Waals surface area contributed by atoms with E-state index in [0.717, 1.165) is 38.5 Å². The number of benzene rings is 3. The fourth-order valence-corrected chi connectivity index (χ4v) is 5.89. The highest BCUT2D eigenvalue weighted by Gasteiger charge is 2.42. The van der Waals surface area contributed by atoms with E-state index in [-0.39, 0.29) is 41.4 Å². The largest absolute Gasteiger partial charge is 0.432 e. The van der Waals surface area contributed by atoms with E-state index in [1.165, 1.54) is 12.1 Å². The zero-order valence-corrected chi connectivity index (χ0v) is 23.5. The Balaban J connectivity index is 1.25. The molecule has 1 aliphatic heterocycles. The number of alkyl halides is 2. The fourth-order valence-electron chi connectivity index (χ4n) is 5.89. The first-order valence-electron chi connectivity index (χ1n) is 14.3. The van der Waals surface area contributed by atoms with Crippen LogP contribution in [0.3, 0.4) is 0 Å². The summed E-state index contributed by atoms with van der Waals surface area (Å²) in [7, 11) is 0. The molecule has 236 valence electrons. The minimum Gasteiger partial charge on any atom is -0.429 e. The SMILES string of the molecule is C=CCCC1COC(C2CCC(c3ccc(-c4cc(F)c(C(F)(F)Oc5cc(F)c(F)c(F)c5)c(F)c4)c(F)c3)CC2)OC1. The number of hydrogen-bond donors (Lipinski definition) is 0. The van der Waals surface area contributed by atoms with Gasteiger partial charge >= 0.3 is 6.11 Å². The Morgan fingerprint density at radius 3 is 1.98 bits per heavy atom. The molecule has 3 aromatic rings. The molecule has 0 atom stereocenters. The van der Waals surface area contributed by atoms with Crippen LogP contribution < -0.4 is 4.74 Å². The van der Waals surface area contributed by atoms with Gasteiger partial charge in [0.1, 0.15) is 28.8 Å². The summed E-state index contributed by atoms with van der Waals surface area (Å²) in [6.07, 6.45) is 1.92. The lowest BCUT2D eigenvalue weighted by Crippen LogP contribution is -2.38. The minimum atomic E-state index is -4.74. The highest BCUT2D eigenvalue weighted by Crippen LogP contribution is 2.41. The van der Waals surface area contributed by atoms with Crippen LogP contribution in [-0.2, 0) is 15.6 Å². The highest BCUT2D eigenvalue weighted by atomic mass is 19.3. The van der Waals surface area contributed by atoms with Crippen LogP contribution in [0.1, 0.15) is 55.6 Å². The van der Waals surface area contributed by atoms with Gasteiger partial charge in [0, 0.05) is 29.5 Å². The predicted octanol–water partition coefficient (Wildman–Crippen LogP) is 9.55. The molecule has 3 nitrogen and oxygen atoms in total. The Hall–Kier alpha value is -3.44. The van der Waals surface area contributed by atoms with Crippen LogP contribution in [0.2, 0.25) is 0 Å². The van der Waals surface area contributed by atoms with Crippen molar-refractivity contribution in [1.82, 2.24) is 0 Å². The third-order valence-electron chi connectivity index (χ3n) is 8.24. The van der Waals surface area contributed by atoms with Crippen molar-refractivity contribution in [2.75, 3.05) is 13.2 Å². The lowest BCUT2D eigenvalue weighted by Gasteiger charge is -2.37. The fraction of sp³-hybridized carbons (Fsp3) is 0.394. The summed E-state index contributed by atoms with van der Waals surface area (Å²) in [5.41, 5.74) is -1.72. The molecule has 5 rings (SSSR count). The van der Waals surface area contributed by atoms with E-state index in [2.05, 4.69) is 11.3 Å². The second-order valence-electron chi connectivity index (χ2n) is 11.3. The van der Waals surface area contributed by atoms with E-state index in [0.29, 0.717) is 36.8 Å². The van der Waals surface area contributed by atoms with E-state index in [1.807, 2.05) is 6.08 Å². The maximum absolute atomic E-state index is 15.2. The lowest BCUT2D eigenvalue weighted by atomic mass is 9.78. The average molecular weight is 627 g/mol. The molecule has 0 aromatic heterocycles. The number of hydrogen-bond acceptors (Lipinski definition) is 3. The van der Waals surface area contributed by atoms with Crippen LogP contribution in [0.25, 0.3) is 11.1 Å². The molecule has 2 aliphatic rings. The first-order valence-corrected chi connectivity index (χ1v) is 14.3. The summed E-state index contributed by atoms with van der Waals surface area (Å²) >= 11 is 0. The van der Waals surface area contributed by atoms with Gasteiger partial charge in [-0.3, -0.25) is 0 Å². The van der Waals surface area contributed by atoms with Gasteiger partial charge in [0.05, 0.1) is 13.2 Å². The van der Waals surface area contributed by atoms with Gasteiger partial charge in [-0.2, -0.15) is 8.78 Å². The van der Waals surface area contributed by atoms with Crippen molar-refractivity contribution in [3.8, 4) is 16.9 Å². The number of allylic oxidation sites excluding steroid dienone is 1. The molecule has 0 radical (unpaired) electrons. The second kappa shape index (κ2) is 13.3. The maximum atomic E-state index is 15.2. The van der Waals surface area contributed by atoms with E-state index >= 15 is 4.39 Å². The summed E-state index contributed by atoms with van der Waals surface area (Å²) in [4.78, 5) is 0. The molecule has 44 heavy (non-hydrogen) atoms. The van der Waals surface area contributed by atoms with E-state index in [9.17, 15) is 30.7 Å². The molecular formula is C33H30F8O3. The first-order chi connectivity index (χ1) is 21.0. The van der Waals surface area contributed by atoms with Gasteiger partial charge in [0.2, 0.25) is 0 Å². The van der Waals surface area contributed by atoms with Crippen molar-refractivity contribution in [1.29, 1.82) is 0 Å². The van der Waals surface area contributed by atoms with Crippen LogP contribution in [0.4, 0.5) is 35.1 Å². The standard InChI is InChI=1S/C33H30F8O3/c1-2-3-4-18-16-42-32(43-17-18)20-7-5-19(6-8-20)21-9-10-24(25(34)11-21)22-12-26(35)30(27(36)13-22)33(40,41)44-23-14-28(37)31(39)29(38)15-23/h2,9-15,18-20,32H,1,3-8,16-17H2. The van der Waals surface area contributed by atoms with Crippen LogP contribution in [0.15, 0.2) is 55.1 Å². The summed E-state index contributed by atoms with van der Waals surface area (Å²) in [6.45, 7) is 5.03. The van der Waals surface area contributed by atoms with Crippen molar-refractivity contribution >= 4 is 0 Å². The summed E-state index contributed by atoms with van der Waals surface area (Å²) in [6, 6.07) is 5.49. The topological polar surface area (TPSA) is 27.7 Å². The molecule has 0 unspecified atom stereocenters. The summed E-state index contributed by atoms with van der Waals surface area (Å²) in [5.74, 6) is -10.5. The van der Waals surface area contributed by atoms with Gasteiger partial charge in [0.15, 0.2) is 23.7 Å². The van der Waals surface area contributed by atoms with Crippen molar-refractivity contribution < 1.29 is 49.3 Å². The smallest absolute Gasteiger partial charge is 0.429 e. The van der Waals surface area contributed by atoms with Crippen molar-refractivity contribution in [3.63, 3.8) is 0 Å². The van der Waals surface area contributed by atoms with E-state index in [1.54, 1.807) is 6.07 Å². The monoisotopic (exact) mass is 626 g/mol. The van der Waals surface area contributed by atoms with Gasteiger partial charge in [0.25, 0.3) is 0 Å². The predicted molar refractivity (Wildman–Crippen MR) is 146 cm³/mol. The van der Waals surface area contributed by atoms with Crippen molar-refractivity contribution in [2.24, 2.45) is 11.8 Å². The molecule has 2 fully saturated rings. The second-order valence-corrected chi connectivity index (χ2v) is 11.3. The molecule has 1 heterocycles. The van der Waals surface area contributed by atoms with E-state index in [4.69, 9.17) is 9.47 Å². The third kappa shape index (κ3) is 6.94. The number of halogens is 8. The molecule has 0 bridgehead atoms. The van der Waals surface area contributed by atoms with E-state index < -0.39 is 52.3 Å². The average Bonchev–Trinajstić information content (AvgIpc) is 2.98. The molecule has 0 amide bonds. The molecule has 1 saturated carbocycles. The quantitative estimate of drug-likeness (QED) is 0.135. The van der Waals surface area contributed by atoms with Crippen LogP contribution in [-0.4, -0.2) is 19.5 Å². The van der Waals surface area contributed by atoms with Gasteiger partial charge in [-0.15, -0.1) is 6.58 Å². The van der Waals surface area contributed by atoms with Gasteiger partial charge in [-0.05, 0) is 73.8 Å². The minimum absolute atomic E-state index is 0.0477. The summed E-state index contributed by atoms with van der Waals surface area (Å²) in [5, 5.41) is 0. The van der Waals surface area contributed by atoms with Crippen LogP contribution >= 0.6 is 0 Å². The molecule has 3 aromatic carbocycles. The highest BCUT2D eigenvalue weighted by molar-refractivity contribution is 5.65. The first kappa shape index (κ1) is 32.0.